The van der Waals surface area contributed by atoms with E-state index in [1.165, 1.54) is 31.3 Å². The van der Waals surface area contributed by atoms with Crippen LogP contribution in [0.15, 0.2) is 29.2 Å². The first-order chi connectivity index (χ1) is 9.78. The monoisotopic (exact) mass is 312 g/mol. The van der Waals surface area contributed by atoms with E-state index < -0.39 is 10.0 Å². The Bertz CT molecular complexity index is 623. The lowest BCUT2D eigenvalue weighted by atomic mass is 10.0. The molecule has 1 aromatic rings. The van der Waals surface area contributed by atoms with Crippen LogP contribution in [0.1, 0.15) is 24.2 Å². The molecule has 116 valence electrons. The number of rotatable bonds is 3. The third kappa shape index (κ3) is 3.25. The number of sulfonamides is 1. The number of hydrogen-bond acceptors (Lipinski definition) is 4. The van der Waals surface area contributed by atoms with Gasteiger partial charge >= 0.3 is 0 Å². The van der Waals surface area contributed by atoms with Gasteiger partial charge < -0.3 is 9.64 Å². The van der Waals surface area contributed by atoms with Crippen molar-refractivity contribution in [2.75, 3.05) is 26.8 Å². The molecule has 0 aliphatic carbocycles. The fraction of sp³-hybridized carbons (Fsp3) is 0.500. The Morgan fingerprint density at radius 1 is 1.29 bits per heavy atom. The van der Waals surface area contributed by atoms with E-state index in [4.69, 9.17) is 4.74 Å². The molecular weight excluding hydrogens is 292 g/mol. The summed E-state index contributed by atoms with van der Waals surface area (Å²) >= 11 is 0. The summed E-state index contributed by atoms with van der Waals surface area (Å²) in [5, 5.41) is 0. The van der Waals surface area contributed by atoms with E-state index in [-0.39, 0.29) is 16.3 Å². The van der Waals surface area contributed by atoms with Crippen LogP contribution in [0, 0.1) is 0 Å². The van der Waals surface area contributed by atoms with Crippen molar-refractivity contribution < 1.29 is 17.9 Å². The highest BCUT2D eigenvalue weighted by Gasteiger charge is 2.34. The zero-order chi connectivity index (χ0) is 15.7. The minimum absolute atomic E-state index is 0.114. The normalized spacial score (nSPS) is 18.5. The molecule has 0 atom stereocenters. The molecule has 1 aliphatic rings. The Hall–Kier alpha value is -1.44. The van der Waals surface area contributed by atoms with Crippen molar-refractivity contribution in [2.24, 2.45) is 0 Å². The summed E-state index contributed by atoms with van der Waals surface area (Å²) in [6.07, 6.45) is 0. The minimum atomic E-state index is -3.48. The van der Waals surface area contributed by atoms with Gasteiger partial charge in [-0.2, -0.15) is 0 Å². The van der Waals surface area contributed by atoms with Crippen molar-refractivity contribution >= 4 is 15.9 Å². The van der Waals surface area contributed by atoms with Crippen LogP contribution in [0.3, 0.4) is 0 Å². The first kappa shape index (κ1) is 15.9. The lowest BCUT2D eigenvalue weighted by Gasteiger charge is -2.42. The SMILES string of the molecule is CNS(=O)(=O)c1ccc(C(=O)N2CCOCC2(C)C)cc1. The Morgan fingerprint density at radius 2 is 1.90 bits per heavy atom. The van der Waals surface area contributed by atoms with Crippen molar-refractivity contribution in [3.05, 3.63) is 29.8 Å². The van der Waals surface area contributed by atoms with Crippen LogP contribution in [0.4, 0.5) is 0 Å². The quantitative estimate of drug-likeness (QED) is 0.897. The Morgan fingerprint density at radius 3 is 2.43 bits per heavy atom. The molecule has 1 amide bonds. The largest absolute Gasteiger partial charge is 0.377 e. The van der Waals surface area contributed by atoms with Gasteiger partial charge in [-0.25, -0.2) is 13.1 Å². The molecule has 21 heavy (non-hydrogen) atoms. The fourth-order valence-corrected chi connectivity index (χ4v) is 3.02. The molecule has 0 radical (unpaired) electrons. The molecule has 7 heteroatoms. The van der Waals surface area contributed by atoms with Crippen LogP contribution in [0.2, 0.25) is 0 Å². The van der Waals surface area contributed by atoms with Crippen molar-refractivity contribution in [3.8, 4) is 0 Å². The summed E-state index contributed by atoms with van der Waals surface area (Å²) in [5.74, 6) is -0.114. The number of hydrogen-bond donors (Lipinski definition) is 1. The number of morpholine rings is 1. The number of benzene rings is 1. The van der Waals surface area contributed by atoms with Crippen molar-refractivity contribution in [1.29, 1.82) is 0 Å². The Balaban J connectivity index is 2.24. The zero-order valence-corrected chi connectivity index (χ0v) is 13.2. The summed E-state index contributed by atoms with van der Waals surface area (Å²) in [6, 6.07) is 5.95. The highest BCUT2D eigenvalue weighted by molar-refractivity contribution is 7.89. The average molecular weight is 312 g/mol. The predicted molar refractivity (Wildman–Crippen MR) is 78.6 cm³/mol. The van der Waals surface area contributed by atoms with Gasteiger partial charge in [0, 0.05) is 12.1 Å². The van der Waals surface area contributed by atoms with E-state index >= 15 is 0 Å². The van der Waals surface area contributed by atoms with E-state index in [1.807, 2.05) is 13.8 Å². The number of carbonyl (C=O) groups is 1. The molecule has 1 heterocycles. The molecule has 1 fully saturated rings. The minimum Gasteiger partial charge on any atom is -0.377 e. The lowest BCUT2D eigenvalue weighted by Crippen LogP contribution is -2.55. The van der Waals surface area contributed by atoms with Crippen molar-refractivity contribution in [3.63, 3.8) is 0 Å². The summed E-state index contributed by atoms with van der Waals surface area (Å²) in [7, 11) is -2.13. The molecular formula is C14H20N2O4S. The fourth-order valence-electron chi connectivity index (χ4n) is 2.29. The van der Waals surface area contributed by atoms with Gasteiger partial charge in [0.2, 0.25) is 10.0 Å². The summed E-state index contributed by atoms with van der Waals surface area (Å²) in [5.41, 5.74) is 0.102. The lowest BCUT2D eigenvalue weighted by molar-refractivity contribution is -0.0370. The zero-order valence-electron chi connectivity index (χ0n) is 12.4. The molecule has 1 aliphatic heterocycles. The smallest absolute Gasteiger partial charge is 0.254 e. The molecule has 0 aromatic heterocycles. The van der Waals surface area contributed by atoms with E-state index in [0.29, 0.717) is 25.3 Å². The van der Waals surface area contributed by atoms with Crippen molar-refractivity contribution in [1.82, 2.24) is 9.62 Å². The molecule has 1 aromatic carbocycles. The van der Waals surface area contributed by atoms with E-state index in [1.54, 1.807) is 4.90 Å². The third-order valence-corrected chi connectivity index (χ3v) is 5.00. The first-order valence-corrected chi connectivity index (χ1v) is 8.19. The van der Waals surface area contributed by atoms with Crippen LogP contribution in [-0.2, 0) is 14.8 Å². The molecule has 0 spiro atoms. The van der Waals surface area contributed by atoms with Gasteiger partial charge in [0.1, 0.15) is 0 Å². The molecule has 0 bridgehead atoms. The number of ether oxygens (including phenoxy) is 1. The average Bonchev–Trinajstić information content (AvgIpc) is 2.46. The Labute approximate surface area is 125 Å². The van der Waals surface area contributed by atoms with Crippen LogP contribution in [0.5, 0.6) is 0 Å². The third-order valence-electron chi connectivity index (χ3n) is 3.57. The summed E-state index contributed by atoms with van der Waals surface area (Å²) in [6.45, 7) is 5.43. The van der Waals surface area contributed by atoms with Crippen molar-refractivity contribution in [2.45, 2.75) is 24.3 Å². The van der Waals surface area contributed by atoms with Crippen LogP contribution in [-0.4, -0.2) is 51.6 Å². The maximum absolute atomic E-state index is 12.6. The molecule has 0 saturated carbocycles. The summed E-state index contributed by atoms with van der Waals surface area (Å²) in [4.78, 5) is 14.5. The van der Waals surface area contributed by atoms with Gasteiger partial charge in [0.15, 0.2) is 0 Å². The number of nitrogens with one attached hydrogen (secondary N) is 1. The molecule has 0 unspecified atom stereocenters. The maximum Gasteiger partial charge on any atom is 0.254 e. The van der Waals surface area contributed by atoms with Gasteiger partial charge in [0.25, 0.3) is 5.91 Å². The summed E-state index contributed by atoms with van der Waals surface area (Å²) < 4.78 is 31.0. The second-order valence-electron chi connectivity index (χ2n) is 5.55. The van der Waals surface area contributed by atoms with Gasteiger partial charge in [-0.05, 0) is 45.2 Å². The van der Waals surface area contributed by atoms with E-state index in [9.17, 15) is 13.2 Å². The molecule has 1 N–H and O–H groups in total. The van der Waals surface area contributed by atoms with Gasteiger partial charge in [-0.1, -0.05) is 0 Å². The predicted octanol–water partition coefficient (Wildman–Crippen LogP) is 0.846. The maximum atomic E-state index is 12.6. The van der Waals surface area contributed by atoms with Crippen LogP contribution in [0.25, 0.3) is 0 Å². The number of nitrogens with zero attached hydrogens (tertiary/aromatic N) is 1. The number of carbonyl (C=O) groups excluding carboxylic acids is 1. The first-order valence-electron chi connectivity index (χ1n) is 6.71. The molecule has 6 nitrogen and oxygen atoms in total. The highest BCUT2D eigenvalue weighted by Crippen LogP contribution is 2.22. The number of amides is 1. The van der Waals surface area contributed by atoms with E-state index in [0.717, 1.165) is 0 Å². The molecule has 1 saturated heterocycles. The van der Waals surface area contributed by atoms with Gasteiger partial charge in [0.05, 0.1) is 23.6 Å². The van der Waals surface area contributed by atoms with E-state index in [2.05, 4.69) is 4.72 Å². The van der Waals surface area contributed by atoms with Crippen LogP contribution < -0.4 is 4.72 Å². The Kier molecular flexibility index (Phi) is 4.36. The standard InChI is InChI=1S/C14H20N2O4S/c1-14(2)10-20-9-8-16(14)13(17)11-4-6-12(7-5-11)21(18,19)15-3/h4-7,15H,8-10H2,1-3H3. The molecule has 2 rings (SSSR count). The second-order valence-corrected chi connectivity index (χ2v) is 7.44. The van der Waals surface area contributed by atoms with Crippen LogP contribution >= 0.6 is 0 Å². The van der Waals surface area contributed by atoms with Gasteiger partial charge in [-0.3, -0.25) is 4.79 Å². The highest BCUT2D eigenvalue weighted by atomic mass is 32.2. The van der Waals surface area contributed by atoms with Gasteiger partial charge in [-0.15, -0.1) is 0 Å². The topological polar surface area (TPSA) is 75.7 Å². The second kappa shape index (κ2) is 5.75.